The molecule has 0 radical (unpaired) electrons. The van der Waals surface area contributed by atoms with E-state index in [1.165, 1.54) is 17.6 Å². The van der Waals surface area contributed by atoms with Gasteiger partial charge in [-0.25, -0.2) is 9.97 Å². The topological polar surface area (TPSA) is 80.0 Å². The van der Waals surface area contributed by atoms with Crippen LogP contribution in [0.3, 0.4) is 0 Å². The van der Waals surface area contributed by atoms with Crippen molar-refractivity contribution >= 4 is 44.1 Å². The molecule has 3 heterocycles. The van der Waals surface area contributed by atoms with Crippen LogP contribution in [0.15, 0.2) is 63.7 Å². The lowest BCUT2D eigenvalue weighted by Gasteiger charge is -2.21. The van der Waals surface area contributed by atoms with E-state index in [-0.39, 0.29) is 17.7 Å². The molecule has 3 aromatic heterocycles. The van der Waals surface area contributed by atoms with Crippen LogP contribution in [0, 0.1) is 20.8 Å². The van der Waals surface area contributed by atoms with Crippen LogP contribution in [0.2, 0.25) is 0 Å². The molecule has 0 aliphatic carbocycles. The van der Waals surface area contributed by atoms with Gasteiger partial charge in [0.15, 0.2) is 5.76 Å². The Morgan fingerprint density at radius 3 is 2.42 bits per heavy atom. The molecule has 4 aromatic rings. The number of aromatic nitrogens is 2. The minimum Gasteiger partial charge on any atom is -0.459 e. The highest BCUT2D eigenvalue weighted by atomic mass is 79.9. The zero-order chi connectivity index (χ0) is 22.0. The molecule has 0 saturated carbocycles. The first-order chi connectivity index (χ1) is 14.9. The summed E-state index contributed by atoms with van der Waals surface area (Å²) in [6, 6.07) is 15.1. The van der Waals surface area contributed by atoms with Gasteiger partial charge < -0.3 is 15.1 Å². The highest BCUT2D eigenvalue weighted by Crippen LogP contribution is 2.37. The fourth-order valence-electron chi connectivity index (χ4n) is 3.33. The zero-order valence-electron chi connectivity index (χ0n) is 17.3. The van der Waals surface area contributed by atoms with E-state index in [9.17, 15) is 4.79 Å². The summed E-state index contributed by atoms with van der Waals surface area (Å²) in [6.45, 7) is 5.90. The second-order valence-electron chi connectivity index (χ2n) is 7.18. The van der Waals surface area contributed by atoms with Gasteiger partial charge in [0.1, 0.15) is 5.00 Å². The fourth-order valence-corrected chi connectivity index (χ4v) is 4.54. The van der Waals surface area contributed by atoms with E-state index in [4.69, 9.17) is 4.42 Å². The number of halogens is 1. The van der Waals surface area contributed by atoms with Crippen molar-refractivity contribution in [1.82, 2.24) is 9.97 Å². The zero-order valence-corrected chi connectivity index (χ0v) is 19.7. The second-order valence-corrected chi connectivity index (χ2v) is 9.35. The lowest BCUT2D eigenvalue weighted by molar-refractivity contribution is 0.0997. The number of benzene rings is 1. The number of carbonyl (C=O) groups is 1. The van der Waals surface area contributed by atoms with E-state index in [1.807, 2.05) is 51.1 Å². The van der Waals surface area contributed by atoms with Gasteiger partial charge in [0.2, 0.25) is 5.95 Å². The number of carbonyl (C=O) groups excluding carboxylic acids is 1. The Morgan fingerprint density at radius 2 is 1.77 bits per heavy atom. The first-order valence-corrected chi connectivity index (χ1v) is 11.3. The summed E-state index contributed by atoms with van der Waals surface area (Å²) >= 11 is 5.02. The summed E-state index contributed by atoms with van der Waals surface area (Å²) in [6.07, 6.45) is 1.49. The number of nitrogens with one attached hydrogen (secondary N) is 2. The van der Waals surface area contributed by atoms with Crippen LogP contribution in [0.4, 0.5) is 10.9 Å². The molecule has 8 heteroatoms. The third kappa shape index (κ3) is 5.03. The van der Waals surface area contributed by atoms with Crippen molar-refractivity contribution in [3.63, 3.8) is 0 Å². The van der Waals surface area contributed by atoms with Crippen molar-refractivity contribution in [2.75, 3.05) is 10.6 Å². The molecule has 0 spiro atoms. The number of furan rings is 1. The number of rotatable bonds is 6. The van der Waals surface area contributed by atoms with Crippen LogP contribution in [-0.2, 0) is 0 Å². The van der Waals surface area contributed by atoms with Crippen LogP contribution < -0.4 is 10.6 Å². The molecular formula is C23H21BrN4O2S. The maximum absolute atomic E-state index is 12.6. The van der Waals surface area contributed by atoms with Crippen LogP contribution in [0.5, 0.6) is 0 Å². The van der Waals surface area contributed by atoms with Crippen LogP contribution in [0.25, 0.3) is 0 Å². The number of amides is 1. The third-order valence-electron chi connectivity index (χ3n) is 4.63. The summed E-state index contributed by atoms with van der Waals surface area (Å²) in [7, 11) is 0. The maximum atomic E-state index is 12.6. The van der Waals surface area contributed by atoms with Crippen molar-refractivity contribution in [2.24, 2.45) is 0 Å². The average molecular weight is 497 g/mol. The van der Waals surface area contributed by atoms with Gasteiger partial charge in [0.25, 0.3) is 5.91 Å². The summed E-state index contributed by atoms with van der Waals surface area (Å²) in [5.74, 6) is 0.519. The summed E-state index contributed by atoms with van der Waals surface area (Å²) < 4.78 is 6.24. The van der Waals surface area contributed by atoms with Crippen molar-refractivity contribution in [3.05, 3.63) is 92.4 Å². The molecule has 0 bridgehead atoms. The molecule has 0 fully saturated rings. The average Bonchev–Trinajstić information content (AvgIpc) is 3.36. The number of thiophene rings is 1. The summed E-state index contributed by atoms with van der Waals surface area (Å²) in [5, 5.41) is 7.22. The Balaban J connectivity index is 1.74. The normalized spacial score (nSPS) is 11.9. The minimum absolute atomic E-state index is 0.258. The molecule has 1 amide bonds. The van der Waals surface area contributed by atoms with Crippen LogP contribution in [-0.4, -0.2) is 15.9 Å². The molecule has 6 nitrogen and oxygen atoms in total. The largest absolute Gasteiger partial charge is 0.459 e. The van der Waals surface area contributed by atoms with Crippen molar-refractivity contribution in [2.45, 2.75) is 26.8 Å². The molecular weight excluding hydrogens is 476 g/mol. The monoisotopic (exact) mass is 496 g/mol. The van der Waals surface area contributed by atoms with Gasteiger partial charge in [-0.15, -0.1) is 11.3 Å². The Labute approximate surface area is 192 Å². The van der Waals surface area contributed by atoms with E-state index < -0.39 is 0 Å². The Bertz CT molecular complexity index is 1180. The predicted molar refractivity (Wildman–Crippen MR) is 127 cm³/mol. The standard InChI is InChI=1S/C23H21BrN4O2S/c1-13-11-14(2)26-23(25-13)27-20(16-6-8-17(24)9-7-16)18-12-15(3)31-22(18)28-21(29)19-5-4-10-30-19/h4-12,20H,1-3H3,(H,28,29)(H,25,26,27). The predicted octanol–water partition coefficient (Wildman–Crippen LogP) is 6.27. The van der Waals surface area contributed by atoms with Crippen molar-refractivity contribution in [1.29, 1.82) is 0 Å². The first kappa shape index (κ1) is 21.3. The summed E-state index contributed by atoms with van der Waals surface area (Å²) in [4.78, 5) is 22.8. The van der Waals surface area contributed by atoms with Gasteiger partial charge in [0.05, 0.1) is 12.3 Å². The lowest BCUT2D eigenvalue weighted by Crippen LogP contribution is -2.17. The third-order valence-corrected chi connectivity index (χ3v) is 6.14. The van der Waals surface area contributed by atoms with Gasteiger partial charge in [-0.3, -0.25) is 4.79 Å². The Morgan fingerprint density at radius 1 is 1.06 bits per heavy atom. The van der Waals surface area contributed by atoms with E-state index in [1.54, 1.807) is 12.1 Å². The SMILES string of the molecule is Cc1cc(C)nc(NC(c2ccc(Br)cc2)c2cc(C)sc2NC(=O)c2ccco2)n1. The molecule has 158 valence electrons. The number of nitrogens with zero attached hydrogens (tertiary/aromatic N) is 2. The van der Waals surface area contributed by atoms with Gasteiger partial charge in [-0.2, -0.15) is 0 Å². The van der Waals surface area contributed by atoms with Crippen molar-refractivity contribution < 1.29 is 9.21 Å². The minimum atomic E-state index is -0.287. The highest BCUT2D eigenvalue weighted by molar-refractivity contribution is 9.10. The molecule has 1 aromatic carbocycles. The molecule has 2 N–H and O–H groups in total. The number of hydrogen-bond acceptors (Lipinski definition) is 6. The summed E-state index contributed by atoms with van der Waals surface area (Å²) in [5.41, 5.74) is 3.74. The van der Waals surface area contributed by atoms with Crippen LogP contribution >= 0.6 is 27.3 Å². The van der Waals surface area contributed by atoms with E-state index in [2.05, 4.69) is 42.6 Å². The number of hydrogen-bond donors (Lipinski definition) is 2. The molecule has 0 aliphatic heterocycles. The highest BCUT2D eigenvalue weighted by Gasteiger charge is 2.23. The van der Waals surface area contributed by atoms with Gasteiger partial charge in [-0.05, 0) is 62.7 Å². The smallest absolute Gasteiger partial charge is 0.291 e. The lowest BCUT2D eigenvalue weighted by atomic mass is 10.00. The molecule has 0 aliphatic rings. The molecule has 0 saturated heterocycles. The Kier molecular flexibility index (Phi) is 6.20. The van der Waals surface area contributed by atoms with Gasteiger partial charge >= 0.3 is 0 Å². The van der Waals surface area contributed by atoms with Crippen LogP contribution in [0.1, 0.15) is 44.0 Å². The maximum Gasteiger partial charge on any atom is 0.291 e. The van der Waals surface area contributed by atoms with Gasteiger partial charge in [-0.1, -0.05) is 28.1 Å². The van der Waals surface area contributed by atoms with Crippen molar-refractivity contribution in [3.8, 4) is 0 Å². The quantitative estimate of drug-likeness (QED) is 0.328. The molecule has 1 atom stereocenters. The second kappa shape index (κ2) is 9.03. The van der Waals surface area contributed by atoms with E-state index in [0.29, 0.717) is 5.95 Å². The number of aryl methyl sites for hydroxylation is 3. The van der Waals surface area contributed by atoms with E-state index in [0.717, 1.165) is 36.9 Å². The van der Waals surface area contributed by atoms with E-state index >= 15 is 0 Å². The molecule has 31 heavy (non-hydrogen) atoms. The first-order valence-electron chi connectivity index (χ1n) is 9.68. The molecule has 4 rings (SSSR count). The molecule has 1 unspecified atom stereocenters. The number of anilines is 2. The fraction of sp³-hybridized carbons (Fsp3) is 0.174. The Hall–Kier alpha value is -2.97. The van der Waals surface area contributed by atoms with Gasteiger partial charge in [0, 0.05) is 26.3 Å².